The summed E-state index contributed by atoms with van der Waals surface area (Å²) in [5.41, 5.74) is 2.88. The minimum absolute atomic E-state index is 0.183. The first kappa shape index (κ1) is 21.4. The van der Waals surface area contributed by atoms with Crippen molar-refractivity contribution in [1.82, 2.24) is 34.7 Å². The molecule has 8 nitrogen and oxygen atoms in total. The molecular formula is C24H27FN8. The molecule has 0 saturated carbocycles. The monoisotopic (exact) mass is 446 g/mol. The first-order chi connectivity index (χ1) is 16.1. The molecule has 33 heavy (non-hydrogen) atoms. The molecule has 0 unspecified atom stereocenters. The van der Waals surface area contributed by atoms with Crippen molar-refractivity contribution in [3.63, 3.8) is 0 Å². The second-order valence-corrected chi connectivity index (χ2v) is 8.51. The number of hydrogen-bond donors (Lipinski definition) is 2. The van der Waals surface area contributed by atoms with Crippen LogP contribution in [-0.4, -0.2) is 55.6 Å². The molecule has 4 aromatic rings. The largest absolute Gasteiger partial charge is 0.329 e. The van der Waals surface area contributed by atoms with Crippen LogP contribution >= 0.6 is 0 Å². The zero-order valence-corrected chi connectivity index (χ0v) is 18.8. The molecule has 1 fully saturated rings. The second-order valence-electron chi connectivity index (χ2n) is 8.51. The topological polar surface area (TPSA) is 83.8 Å². The highest BCUT2D eigenvalue weighted by Gasteiger charge is 2.18. The number of hydrogen-bond acceptors (Lipinski definition) is 7. The van der Waals surface area contributed by atoms with E-state index in [2.05, 4.69) is 49.3 Å². The maximum Gasteiger partial charge on any atom is 0.229 e. The second kappa shape index (κ2) is 9.21. The maximum atomic E-state index is 14.8. The Morgan fingerprint density at radius 1 is 1.09 bits per heavy atom. The molecule has 9 heteroatoms. The Balaban J connectivity index is 1.39. The van der Waals surface area contributed by atoms with Crippen LogP contribution in [0.5, 0.6) is 0 Å². The van der Waals surface area contributed by atoms with Crippen LogP contribution in [0.1, 0.15) is 25.5 Å². The molecular weight excluding hydrogens is 419 g/mol. The number of pyridine rings is 2. The van der Waals surface area contributed by atoms with Crippen molar-refractivity contribution in [3.8, 4) is 11.3 Å². The molecule has 1 aliphatic rings. The van der Waals surface area contributed by atoms with E-state index >= 15 is 0 Å². The summed E-state index contributed by atoms with van der Waals surface area (Å²) in [6, 6.07) is 7.91. The molecule has 0 aliphatic carbocycles. The van der Waals surface area contributed by atoms with Gasteiger partial charge in [0.05, 0.1) is 6.20 Å². The quantitative estimate of drug-likeness (QED) is 0.467. The fourth-order valence-electron chi connectivity index (χ4n) is 4.12. The number of halogens is 1. The Labute approximate surface area is 191 Å². The van der Waals surface area contributed by atoms with Crippen molar-refractivity contribution in [1.29, 1.82) is 0 Å². The summed E-state index contributed by atoms with van der Waals surface area (Å²) in [6.07, 6.45) is 6.70. The van der Waals surface area contributed by atoms with Crippen LogP contribution < -0.4 is 10.6 Å². The molecule has 0 spiro atoms. The Morgan fingerprint density at radius 3 is 2.70 bits per heavy atom. The normalized spacial score (nSPS) is 14.8. The molecule has 170 valence electrons. The zero-order chi connectivity index (χ0) is 22.8. The molecule has 1 aliphatic heterocycles. The number of piperazine rings is 1. The summed E-state index contributed by atoms with van der Waals surface area (Å²) >= 11 is 0. The molecule has 5 heterocycles. The third-order valence-electron chi connectivity index (χ3n) is 5.83. The van der Waals surface area contributed by atoms with Crippen molar-refractivity contribution in [2.24, 2.45) is 0 Å². The van der Waals surface area contributed by atoms with Crippen LogP contribution in [0.4, 0.5) is 16.2 Å². The molecule has 0 atom stereocenters. The standard InChI is InChI=1S/C24H27FN8/c1-16(2)33-15-19(18-4-3-7-27-23(18)33)22-20(25)13-29-24(31-22)30-21-6-5-17(12-28-21)14-32-10-8-26-9-11-32/h3-7,12-13,15-16,26H,8-11,14H2,1-2H3,(H,28,29,30,31). The van der Waals surface area contributed by atoms with E-state index in [1.165, 1.54) is 6.20 Å². The molecule has 2 N–H and O–H groups in total. The summed E-state index contributed by atoms with van der Waals surface area (Å²) in [7, 11) is 0. The van der Waals surface area contributed by atoms with Crippen molar-refractivity contribution in [2.75, 3.05) is 31.5 Å². The van der Waals surface area contributed by atoms with Crippen LogP contribution in [0.15, 0.2) is 49.1 Å². The fraction of sp³-hybridized carbons (Fsp3) is 0.333. The lowest BCUT2D eigenvalue weighted by Gasteiger charge is -2.27. The smallest absolute Gasteiger partial charge is 0.229 e. The zero-order valence-electron chi connectivity index (χ0n) is 18.8. The van der Waals surface area contributed by atoms with Gasteiger partial charge in [-0.25, -0.2) is 24.3 Å². The van der Waals surface area contributed by atoms with Gasteiger partial charge in [0.1, 0.15) is 17.2 Å². The first-order valence-corrected chi connectivity index (χ1v) is 11.2. The molecule has 0 bridgehead atoms. The SMILES string of the molecule is CC(C)n1cc(-c2nc(Nc3ccc(CN4CCNCC4)cn3)ncc2F)c2cccnc21. The third-order valence-corrected chi connectivity index (χ3v) is 5.83. The van der Waals surface area contributed by atoms with Gasteiger partial charge in [-0.15, -0.1) is 0 Å². The number of fused-ring (bicyclic) bond motifs is 1. The van der Waals surface area contributed by atoms with Gasteiger partial charge in [-0.1, -0.05) is 6.07 Å². The van der Waals surface area contributed by atoms with E-state index in [4.69, 9.17) is 0 Å². The Bertz CT molecular complexity index is 1250. The van der Waals surface area contributed by atoms with E-state index in [0.29, 0.717) is 17.3 Å². The summed E-state index contributed by atoms with van der Waals surface area (Å²) in [6.45, 7) is 9.12. The van der Waals surface area contributed by atoms with E-state index < -0.39 is 5.82 Å². The summed E-state index contributed by atoms with van der Waals surface area (Å²) in [5, 5.41) is 7.32. The van der Waals surface area contributed by atoms with Gasteiger partial charge in [0.15, 0.2) is 5.82 Å². The van der Waals surface area contributed by atoms with Crippen molar-refractivity contribution >= 4 is 22.8 Å². The molecule has 1 saturated heterocycles. The lowest BCUT2D eigenvalue weighted by molar-refractivity contribution is 0.233. The summed E-state index contributed by atoms with van der Waals surface area (Å²) in [4.78, 5) is 20.0. The number of nitrogens with one attached hydrogen (secondary N) is 2. The molecule has 0 aromatic carbocycles. The van der Waals surface area contributed by atoms with Crippen molar-refractivity contribution < 1.29 is 4.39 Å². The van der Waals surface area contributed by atoms with Crippen LogP contribution in [0, 0.1) is 5.82 Å². The lowest BCUT2D eigenvalue weighted by atomic mass is 10.1. The van der Waals surface area contributed by atoms with E-state index in [1.54, 1.807) is 6.20 Å². The van der Waals surface area contributed by atoms with Gasteiger partial charge in [0.2, 0.25) is 5.95 Å². The van der Waals surface area contributed by atoms with Gasteiger partial charge in [0, 0.05) is 68.3 Å². The van der Waals surface area contributed by atoms with Crippen LogP contribution in [-0.2, 0) is 6.54 Å². The Kier molecular flexibility index (Phi) is 5.97. The van der Waals surface area contributed by atoms with Gasteiger partial charge in [-0.2, -0.15) is 0 Å². The van der Waals surface area contributed by atoms with Crippen LogP contribution in [0.3, 0.4) is 0 Å². The van der Waals surface area contributed by atoms with Crippen molar-refractivity contribution in [3.05, 3.63) is 60.4 Å². The maximum absolute atomic E-state index is 14.8. The van der Waals surface area contributed by atoms with Gasteiger partial charge < -0.3 is 15.2 Å². The molecule has 0 amide bonds. The average molecular weight is 447 g/mol. The van der Waals surface area contributed by atoms with Crippen LogP contribution in [0.25, 0.3) is 22.3 Å². The van der Waals surface area contributed by atoms with Crippen LogP contribution in [0.2, 0.25) is 0 Å². The average Bonchev–Trinajstić information content (AvgIpc) is 3.22. The number of nitrogens with zero attached hydrogens (tertiary/aromatic N) is 6. The number of rotatable bonds is 6. The van der Waals surface area contributed by atoms with Gasteiger partial charge in [0.25, 0.3) is 0 Å². The Morgan fingerprint density at radius 2 is 1.94 bits per heavy atom. The number of anilines is 2. The number of aromatic nitrogens is 5. The highest BCUT2D eigenvalue weighted by atomic mass is 19.1. The third kappa shape index (κ3) is 4.55. The van der Waals surface area contributed by atoms with E-state index in [0.717, 1.165) is 49.3 Å². The highest BCUT2D eigenvalue weighted by molar-refractivity contribution is 5.93. The highest BCUT2D eigenvalue weighted by Crippen LogP contribution is 2.32. The summed E-state index contributed by atoms with van der Waals surface area (Å²) in [5.74, 6) is 0.428. The van der Waals surface area contributed by atoms with Gasteiger partial charge in [-0.05, 0) is 37.6 Å². The predicted molar refractivity (Wildman–Crippen MR) is 127 cm³/mol. The first-order valence-electron chi connectivity index (χ1n) is 11.2. The van der Waals surface area contributed by atoms with E-state index in [9.17, 15) is 4.39 Å². The van der Waals surface area contributed by atoms with Gasteiger partial charge in [-0.3, -0.25) is 4.90 Å². The minimum atomic E-state index is -0.480. The van der Waals surface area contributed by atoms with E-state index in [-0.39, 0.29) is 11.7 Å². The van der Waals surface area contributed by atoms with E-state index in [1.807, 2.05) is 41.2 Å². The minimum Gasteiger partial charge on any atom is -0.329 e. The molecule has 4 aromatic heterocycles. The Hall–Kier alpha value is -3.43. The van der Waals surface area contributed by atoms with Crippen molar-refractivity contribution in [2.45, 2.75) is 26.4 Å². The molecule has 0 radical (unpaired) electrons. The fourth-order valence-corrected chi connectivity index (χ4v) is 4.12. The van der Waals surface area contributed by atoms with Gasteiger partial charge >= 0.3 is 0 Å². The predicted octanol–water partition coefficient (Wildman–Crippen LogP) is 3.76. The summed E-state index contributed by atoms with van der Waals surface area (Å²) < 4.78 is 16.8. The lowest BCUT2D eigenvalue weighted by Crippen LogP contribution is -2.42. The molecule has 5 rings (SSSR count).